The molecule has 1 fully saturated rings. The third-order valence-corrected chi connectivity index (χ3v) is 5.74. The van der Waals surface area contributed by atoms with Gasteiger partial charge in [0.1, 0.15) is 5.82 Å². The zero-order chi connectivity index (χ0) is 18.7. The quantitative estimate of drug-likeness (QED) is 0.726. The van der Waals surface area contributed by atoms with E-state index in [0.717, 1.165) is 24.2 Å². The number of nitrogens with zero attached hydrogens (tertiary/aromatic N) is 3. The molecule has 1 aliphatic rings. The summed E-state index contributed by atoms with van der Waals surface area (Å²) < 4.78 is 2.09. The second-order valence-corrected chi connectivity index (χ2v) is 7.93. The number of rotatable bonds is 7. The van der Waals surface area contributed by atoms with Crippen molar-refractivity contribution in [1.29, 1.82) is 0 Å². The summed E-state index contributed by atoms with van der Waals surface area (Å²) in [4.78, 5) is 23.4. The third kappa shape index (κ3) is 4.43. The highest BCUT2D eigenvalue weighted by molar-refractivity contribution is 8.00. The molecule has 8 heteroatoms. The van der Waals surface area contributed by atoms with E-state index < -0.39 is 17.2 Å². The number of hydrogen-bond acceptors (Lipinski definition) is 5. The van der Waals surface area contributed by atoms with E-state index in [1.165, 1.54) is 11.8 Å². The summed E-state index contributed by atoms with van der Waals surface area (Å²) >= 11 is 1.33. The number of urea groups is 1. The van der Waals surface area contributed by atoms with Crippen molar-refractivity contribution in [2.24, 2.45) is 11.7 Å². The minimum absolute atomic E-state index is 0.00519. The first-order valence-electron chi connectivity index (χ1n) is 8.69. The number of amides is 3. The monoisotopic (exact) mass is 373 g/mol. The standard InChI is InChI=1S/C18H23N5O2S/c1-11(2)14(16(24)20-17(19)25)26-18-22-21-15(13-8-9-13)23(18)10-12-6-4-3-5-7-12/h3-7,11,13-14H,8-10H2,1-2H3,(H3,19,20,24,25)/t14-/m1/s1. The molecule has 1 saturated carbocycles. The summed E-state index contributed by atoms with van der Waals surface area (Å²) in [6.07, 6.45) is 2.24. The molecule has 0 unspecified atom stereocenters. The number of imide groups is 1. The van der Waals surface area contributed by atoms with Crippen molar-refractivity contribution in [3.05, 3.63) is 41.7 Å². The smallest absolute Gasteiger partial charge is 0.318 e. The minimum atomic E-state index is -0.842. The van der Waals surface area contributed by atoms with E-state index in [9.17, 15) is 9.59 Å². The molecular weight excluding hydrogens is 350 g/mol. The van der Waals surface area contributed by atoms with Crippen LogP contribution in [-0.2, 0) is 11.3 Å². The van der Waals surface area contributed by atoms with Crippen LogP contribution in [0.3, 0.4) is 0 Å². The number of nitrogens with two attached hydrogens (primary N) is 1. The van der Waals surface area contributed by atoms with Gasteiger partial charge in [-0.3, -0.25) is 10.1 Å². The highest BCUT2D eigenvalue weighted by Gasteiger charge is 2.32. The Labute approximate surface area is 156 Å². The van der Waals surface area contributed by atoms with Gasteiger partial charge < -0.3 is 10.3 Å². The van der Waals surface area contributed by atoms with E-state index >= 15 is 0 Å². The molecule has 0 spiro atoms. The number of carbonyl (C=O) groups excluding carboxylic acids is 2. The fourth-order valence-electron chi connectivity index (χ4n) is 2.74. The second kappa shape index (κ2) is 7.90. The van der Waals surface area contributed by atoms with E-state index in [-0.39, 0.29) is 5.92 Å². The summed E-state index contributed by atoms with van der Waals surface area (Å²) in [6, 6.07) is 9.26. The molecule has 1 aromatic heterocycles. The molecule has 3 N–H and O–H groups in total. The fraction of sp³-hybridized carbons (Fsp3) is 0.444. The maximum Gasteiger partial charge on any atom is 0.318 e. The van der Waals surface area contributed by atoms with Gasteiger partial charge in [0.25, 0.3) is 0 Å². The van der Waals surface area contributed by atoms with Crippen molar-refractivity contribution in [2.45, 2.75) is 49.6 Å². The van der Waals surface area contributed by atoms with Crippen molar-refractivity contribution in [1.82, 2.24) is 20.1 Å². The van der Waals surface area contributed by atoms with Crippen molar-refractivity contribution >= 4 is 23.7 Å². The number of carbonyl (C=O) groups is 2. The molecule has 1 heterocycles. The molecule has 3 rings (SSSR count). The highest BCUT2D eigenvalue weighted by atomic mass is 32.2. The van der Waals surface area contributed by atoms with Gasteiger partial charge in [-0.1, -0.05) is 55.9 Å². The average Bonchev–Trinajstić information content (AvgIpc) is 3.35. The van der Waals surface area contributed by atoms with Gasteiger partial charge in [-0.15, -0.1) is 10.2 Å². The van der Waals surface area contributed by atoms with Crippen LogP contribution in [0.25, 0.3) is 0 Å². The van der Waals surface area contributed by atoms with Crippen LogP contribution < -0.4 is 11.1 Å². The fourth-order valence-corrected chi connectivity index (χ4v) is 3.78. The van der Waals surface area contributed by atoms with Crippen LogP contribution in [0.15, 0.2) is 35.5 Å². The Morgan fingerprint density at radius 3 is 2.54 bits per heavy atom. The number of primary amides is 1. The lowest BCUT2D eigenvalue weighted by Crippen LogP contribution is -2.42. The molecule has 1 aromatic carbocycles. The van der Waals surface area contributed by atoms with E-state index in [0.29, 0.717) is 17.6 Å². The number of aromatic nitrogens is 3. The van der Waals surface area contributed by atoms with E-state index in [2.05, 4.69) is 32.2 Å². The maximum absolute atomic E-state index is 12.3. The van der Waals surface area contributed by atoms with Gasteiger partial charge in [-0.05, 0) is 24.3 Å². The molecule has 0 aliphatic heterocycles. The van der Waals surface area contributed by atoms with Crippen LogP contribution in [-0.4, -0.2) is 32.0 Å². The van der Waals surface area contributed by atoms with E-state index in [1.807, 2.05) is 32.0 Å². The summed E-state index contributed by atoms with van der Waals surface area (Å²) in [6.45, 7) is 4.51. The summed E-state index contributed by atoms with van der Waals surface area (Å²) in [5, 5.41) is 11.1. The van der Waals surface area contributed by atoms with Crippen LogP contribution in [0, 0.1) is 5.92 Å². The molecule has 138 valence electrons. The SMILES string of the molecule is CC(C)[C@@H](Sc1nnc(C2CC2)n1Cc1ccccc1)C(=O)NC(N)=O. The van der Waals surface area contributed by atoms with E-state index in [1.54, 1.807) is 0 Å². The topological polar surface area (TPSA) is 103 Å². The highest BCUT2D eigenvalue weighted by Crippen LogP contribution is 2.41. The Bertz CT molecular complexity index is 786. The van der Waals surface area contributed by atoms with Crippen LogP contribution in [0.2, 0.25) is 0 Å². The van der Waals surface area contributed by atoms with Gasteiger partial charge in [0, 0.05) is 5.92 Å². The molecule has 7 nitrogen and oxygen atoms in total. The van der Waals surface area contributed by atoms with Gasteiger partial charge in [0.15, 0.2) is 5.16 Å². The van der Waals surface area contributed by atoms with Crippen molar-refractivity contribution in [3.63, 3.8) is 0 Å². The molecule has 0 radical (unpaired) electrons. The van der Waals surface area contributed by atoms with Crippen LogP contribution in [0.4, 0.5) is 4.79 Å². The van der Waals surface area contributed by atoms with Crippen molar-refractivity contribution in [2.75, 3.05) is 0 Å². The molecule has 1 aliphatic carbocycles. The third-order valence-electron chi connectivity index (χ3n) is 4.21. The van der Waals surface area contributed by atoms with Gasteiger partial charge in [0.05, 0.1) is 11.8 Å². The Morgan fingerprint density at radius 2 is 1.96 bits per heavy atom. The molecule has 3 amide bonds. The lowest BCUT2D eigenvalue weighted by atomic mass is 10.1. The number of thioether (sulfide) groups is 1. The van der Waals surface area contributed by atoms with Crippen LogP contribution >= 0.6 is 11.8 Å². The van der Waals surface area contributed by atoms with Crippen molar-refractivity contribution < 1.29 is 9.59 Å². The molecule has 0 bridgehead atoms. The zero-order valence-electron chi connectivity index (χ0n) is 14.9. The van der Waals surface area contributed by atoms with Gasteiger partial charge in [-0.25, -0.2) is 4.79 Å². The largest absolute Gasteiger partial charge is 0.351 e. The first kappa shape index (κ1) is 18.4. The van der Waals surface area contributed by atoms with E-state index in [4.69, 9.17) is 5.73 Å². The minimum Gasteiger partial charge on any atom is -0.351 e. The Hall–Kier alpha value is -2.35. The Morgan fingerprint density at radius 1 is 1.27 bits per heavy atom. The Kier molecular flexibility index (Phi) is 5.61. The number of benzene rings is 1. The molecular formula is C18H23N5O2S. The number of hydrogen-bond donors (Lipinski definition) is 2. The zero-order valence-corrected chi connectivity index (χ0v) is 15.7. The lowest BCUT2D eigenvalue weighted by Gasteiger charge is -2.19. The Balaban J connectivity index is 1.86. The second-order valence-electron chi connectivity index (χ2n) is 6.82. The van der Waals surface area contributed by atoms with Crippen LogP contribution in [0.1, 0.15) is 44.0 Å². The predicted molar refractivity (Wildman–Crippen MR) is 99.8 cm³/mol. The summed E-state index contributed by atoms with van der Waals surface area (Å²) in [5.74, 6) is 1.01. The maximum atomic E-state index is 12.3. The predicted octanol–water partition coefficient (Wildman–Crippen LogP) is 2.52. The molecule has 2 aromatic rings. The average molecular weight is 373 g/mol. The molecule has 1 atom stereocenters. The summed E-state index contributed by atoms with van der Waals surface area (Å²) in [7, 11) is 0. The normalized spacial score (nSPS) is 15.0. The number of nitrogens with one attached hydrogen (secondary N) is 1. The first-order chi connectivity index (χ1) is 12.5. The van der Waals surface area contributed by atoms with Gasteiger partial charge >= 0.3 is 6.03 Å². The lowest BCUT2D eigenvalue weighted by molar-refractivity contribution is -0.120. The molecule has 0 saturated heterocycles. The van der Waals surface area contributed by atoms with Crippen molar-refractivity contribution in [3.8, 4) is 0 Å². The van der Waals surface area contributed by atoms with Gasteiger partial charge in [0.2, 0.25) is 5.91 Å². The van der Waals surface area contributed by atoms with Crippen LogP contribution in [0.5, 0.6) is 0 Å². The van der Waals surface area contributed by atoms with Gasteiger partial charge in [-0.2, -0.15) is 0 Å². The first-order valence-corrected chi connectivity index (χ1v) is 9.57. The molecule has 26 heavy (non-hydrogen) atoms. The summed E-state index contributed by atoms with van der Waals surface area (Å²) in [5.41, 5.74) is 6.25.